The molecule has 2 aromatic rings. The number of hydrogen-bond acceptors (Lipinski definition) is 5. The van der Waals surface area contributed by atoms with Crippen molar-refractivity contribution in [2.24, 2.45) is 0 Å². The molecule has 124 valence electrons. The summed E-state index contributed by atoms with van der Waals surface area (Å²) in [6.07, 6.45) is 2.64. The number of benzene rings is 1. The van der Waals surface area contributed by atoms with Crippen molar-refractivity contribution in [3.05, 3.63) is 36.2 Å². The smallest absolute Gasteiger partial charge is 0.232 e. The first-order valence-electron chi connectivity index (χ1n) is 7.95. The maximum Gasteiger partial charge on any atom is 0.232 e. The summed E-state index contributed by atoms with van der Waals surface area (Å²) >= 11 is 1.35. The van der Waals surface area contributed by atoms with Gasteiger partial charge in [-0.3, -0.25) is 4.79 Å². The number of carbonyl (C=O) groups is 1. The van der Waals surface area contributed by atoms with Crippen LogP contribution in [0.15, 0.2) is 35.5 Å². The highest BCUT2D eigenvalue weighted by atomic mass is 32.2. The average molecular weight is 341 g/mol. The van der Waals surface area contributed by atoms with E-state index in [1.165, 1.54) is 11.8 Å². The highest BCUT2D eigenvalue weighted by Crippen LogP contribution is 2.40. The minimum atomic E-state index is -0.0146. The fraction of sp³-hybridized carbons (Fsp3) is 0.412. The van der Waals surface area contributed by atoms with Crippen LogP contribution in [0.1, 0.15) is 31.0 Å². The zero-order chi connectivity index (χ0) is 16.9. The standard InChI is InChI=1S/C17H19N5OS/c1-21(11-5-10-18)15(23)12-24-17-19-16(13-8-9-13)22(20-17)14-6-3-2-4-7-14/h2-4,6-7,13H,5,8-9,11-12H2,1H3. The van der Waals surface area contributed by atoms with Gasteiger partial charge in [-0.2, -0.15) is 5.26 Å². The summed E-state index contributed by atoms with van der Waals surface area (Å²) in [6.45, 7) is 0.453. The molecule has 0 atom stereocenters. The number of aromatic nitrogens is 3. The van der Waals surface area contributed by atoms with E-state index < -0.39 is 0 Å². The van der Waals surface area contributed by atoms with Gasteiger partial charge >= 0.3 is 0 Å². The molecule has 0 spiro atoms. The summed E-state index contributed by atoms with van der Waals surface area (Å²) in [6, 6.07) is 12.0. The Bertz CT molecular complexity index is 748. The maximum absolute atomic E-state index is 12.1. The molecule has 0 N–H and O–H groups in total. The van der Waals surface area contributed by atoms with Crippen LogP contribution in [0, 0.1) is 11.3 Å². The van der Waals surface area contributed by atoms with Gasteiger partial charge in [0.2, 0.25) is 11.1 Å². The molecular weight excluding hydrogens is 322 g/mol. The monoisotopic (exact) mass is 341 g/mol. The molecule has 0 bridgehead atoms. The second-order valence-electron chi connectivity index (χ2n) is 5.79. The number of thioether (sulfide) groups is 1. The topological polar surface area (TPSA) is 74.8 Å². The normalized spacial score (nSPS) is 13.5. The molecule has 1 aliphatic carbocycles. The lowest BCUT2D eigenvalue weighted by atomic mass is 10.3. The average Bonchev–Trinajstić information content (AvgIpc) is 3.37. The van der Waals surface area contributed by atoms with Crippen molar-refractivity contribution >= 4 is 17.7 Å². The Balaban J connectivity index is 1.69. The highest BCUT2D eigenvalue weighted by Gasteiger charge is 2.30. The number of nitrogens with zero attached hydrogens (tertiary/aromatic N) is 5. The minimum absolute atomic E-state index is 0.0146. The summed E-state index contributed by atoms with van der Waals surface area (Å²) in [4.78, 5) is 18.3. The van der Waals surface area contributed by atoms with Gasteiger partial charge in [-0.1, -0.05) is 30.0 Å². The summed E-state index contributed by atoms with van der Waals surface area (Å²) in [5, 5.41) is 13.8. The van der Waals surface area contributed by atoms with E-state index in [1.54, 1.807) is 11.9 Å². The maximum atomic E-state index is 12.1. The van der Waals surface area contributed by atoms with Gasteiger partial charge in [-0.25, -0.2) is 9.67 Å². The van der Waals surface area contributed by atoms with E-state index in [2.05, 4.69) is 10.1 Å². The van der Waals surface area contributed by atoms with E-state index >= 15 is 0 Å². The third kappa shape index (κ3) is 3.95. The number of hydrogen-bond donors (Lipinski definition) is 0. The Hall–Kier alpha value is -2.33. The van der Waals surface area contributed by atoms with Gasteiger partial charge in [0, 0.05) is 19.5 Å². The van der Waals surface area contributed by atoms with Crippen molar-refractivity contribution in [2.75, 3.05) is 19.3 Å². The van der Waals surface area contributed by atoms with Crippen molar-refractivity contribution in [3.63, 3.8) is 0 Å². The molecule has 1 saturated carbocycles. The van der Waals surface area contributed by atoms with Crippen molar-refractivity contribution < 1.29 is 4.79 Å². The number of rotatable bonds is 7. The number of amides is 1. The van der Waals surface area contributed by atoms with Gasteiger partial charge in [0.05, 0.1) is 23.9 Å². The lowest BCUT2D eigenvalue weighted by molar-refractivity contribution is -0.127. The summed E-state index contributed by atoms with van der Waals surface area (Å²) in [7, 11) is 1.71. The van der Waals surface area contributed by atoms with Gasteiger partial charge in [-0.05, 0) is 25.0 Å². The van der Waals surface area contributed by atoms with E-state index in [4.69, 9.17) is 5.26 Å². The van der Waals surface area contributed by atoms with Crippen molar-refractivity contribution in [2.45, 2.75) is 30.3 Å². The molecule has 6 nitrogen and oxygen atoms in total. The van der Waals surface area contributed by atoms with Gasteiger partial charge in [-0.15, -0.1) is 5.10 Å². The molecule has 1 fully saturated rings. The van der Waals surface area contributed by atoms with Gasteiger partial charge in [0.15, 0.2) is 0 Å². The van der Waals surface area contributed by atoms with Crippen molar-refractivity contribution in [3.8, 4) is 11.8 Å². The molecule has 7 heteroatoms. The molecule has 1 aliphatic rings. The Kier molecular flexibility index (Phi) is 5.16. The highest BCUT2D eigenvalue weighted by molar-refractivity contribution is 7.99. The van der Waals surface area contributed by atoms with Crippen molar-refractivity contribution in [1.82, 2.24) is 19.7 Å². The zero-order valence-corrected chi connectivity index (χ0v) is 14.4. The van der Waals surface area contributed by atoms with Crippen LogP contribution in [0.3, 0.4) is 0 Å². The molecule has 1 aromatic heterocycles. The third-order valence-corrected chi connectivity index (χ3v) is 4.69. The van der Waals surface area contributed by atoms with E-state index in [0.29, 0.717) is 24.0 Å². The summed E-state index contributed by atoms with van der Waals surface area (Å²) in [5.41, 5.74) is 0.996. The SMILES string of the molecule is CN(CCC#N)C(=O)CSc1nc(C2CC2)n(-c2ccccc2)n1. The van der Waals surface area contributed by atoms with Crippen LogP contribution in [0.25, 0.3) is 5.69 Å². The third-order valence-electron chi connectivity index (χ3n) is 3.87. The predicted octanol–water partition coefficient (Wildman–Crippen LogP) is 2.61. The first kappa shape index (κ1) is 16.5. The van der Waals surface area contributed by atoms with Crippen molar-refractivity contribution in [1.29, 1.82) is 5.26 Å². The fourth-order valence-electron chi connectivity index (χ4n) is 2.31. The molecule has 0 saturated heterocycles. The van der Waals surface area contributed by atoms with E-state index in [9.17, 15) is 4.79 Å². The van der Waals surface area contributed by atoms with Crippen LogP contribution in [0.5, 0.6) is 0 Å². The molecule has 1 heterocycles. The Labute approximate surface area is 145 Å². The van der Waals surface area contributed by atoms with Crippen LogP contribution < -0.4 is 0 Å². The van der Waals surface area contributed by atoms with Crippen LogP contribution in [0.4, 0.5) is 0 Å². The predicted molar refractivity (Wildman–Crippen MR) is 91.9 cm³/mol. The number of nitriles is 1. The van der Waals surface area contributed by atoms with Gasteiger partial charge in [0.1, 0.15) is 5.82 Å². The zero-order valence-electron chi connectivity index (χ0n) is 13.6. The van der Waals surface area contributed by atoms with Gasteiger partial charge < -0.3 is 4.90 Å². The summed E-state index contributed by atoms with van der Waals surface area (Å²) in [5.74, 6) is 1.72. The quantitative estimate of drug-likeness (QED) is 0.724. The minimum Gasteiger partial charge on any atom is -0.344 e. The largest absolute Gasteiger partial charge is 0.344 e. The fourth-order valence-corrected chi connectivity index (χ4v) is 3.08. The van der Waals surface area contributed by atoms with Gasteiger partial charge in [0.25, 0.3) is 0 Å². The summed E-state index contributed by atoms with van der Waals surface area (Å²) < 4.78 is 1.89. The molecule has 3 rings (SSSR count). The molecular formula is C17H19N5OS. The van der Waals surface area contributed by atoms with Crippen LogP contribution >= 0.6 is 11.8 Å². The molecule has 0 unspecified atom stereocenters. The Morgan fingerprint density at radius 1 is 1.42 bits per heavy atom. The van der Waals surface area contributed by atoms with Crippen LogP contribution in [-0.4, -0.2) is 44.9 Å². The lowest BCUT2D eigenvalue weighted by Crippen LogP contribution is -2.29. The number of carbonyl (C=O) groups excluding carboxylic acids is 1. The Morgan fingerprint density at radius 2 is 2.17 bits per heavy atom. The van der Waals surface area contributed by atoms with E-state index in [0.717, 1.165) is 24.4 Å². The molecule has 1 aromatic carbocycles. The lowest BCUT2D eigenvalue weighted by Gasteiger charge is -2.14. The van der Waals surface area contributed by atoms with E-state index in [-0.39, 0.29) is 11.7 Å². The first-order chi connectivity index (χ1) is 11.7. The second-order valence-corrected chi connectivity index (χ2v) is 6.73. The molecule has 24 heavy (non-hydrogen) atoms. The van der Waals surface area contributed by atoms with Crippen LogP contribution in [-0.2, 0) is 4.79 Å². The molecule has 0 aliphatic heterocycles. The van der Waals surface area contributed by atoms with Crippen LogP contribution in [0.2, 0.25) is 0 Å². The molecule has 0 radical (unpaired) electrons. The Morgan fingerprint density at radius 3 is 2.83 bits per heavy atom. The number of para-hydroxylation sites is 1. The first-order valence-corrected chi connectivity index (χ1v) is 8.93. The second kappa shape index (κ2) is 7.49. The van der Waals surface area contributed by atoms with E-state index in [1.807, 2.05) is 41.1 Å². The molecule has 1 amide bonds.